The Labute approximate surface area is 124 Å². The van der Waals surface area contributed by atoms with Crippen LogP contribution in [0.15, 0.2) is 18.2 Å². The van der Waals surface area contributed by atoms with Crippen molar-refractivity contribution in [2.45, 2.75) is 18.3 Å². The number of amides is 1. The van der Waals surface area contributed by atoms with Gasteiger partial charge in [0.2, 0.25) is 12.7 Å². The molecule has 0 spiro atoms. The number of ether oxygens (including phenoxy) is 2. The molecule has 1 aromatic rings. The van der Waals surface area contributed by atoms with Crippen LogP contribution in [0.4, 0.5) is 0 Å². The van der Waals surface area contributed by atoms with Crippen LogP contribution in [-0.4, -0.2) is 55.7 Å². The Bertz CT molecular complexity index is 575. The first-order valence-electron chi connectivity index (χ1n) is 7.57. The molecule has 0 unspecified atom stereocenters. The fraction of sp³-hybridized carbons (Fsp3) is 0.562. The van der Waals surface area contributed by atoms with E-state index in [1.54, 1.807) is 0 Å². The number of benzene rings is 1. The van der Waals surface area contributed by atoms with E-state index >= 15 is 0 Å². The number of fused-ring (bicyclic) bond motifs is 1. The number of hydrogen-bond acceptors (Lipinski definition) is 4. The number of piperazine rings is 1. The van der Waals surface area contributed by atoms with E-state index in [-0.39, 0.29) is 18.1 Å². The highest BCUT2D eigenvalue weighted by molar-refractivity contribution is 5.91. The molecule has 2 aliphatic heterocycles. The average Bonchev–Trinajstić information content (AvgIpc) is 3.18. The van der Waals surface area contributed by atoms with Gasteiger partial charge in [0, 0.05) is 26.2 Å². The Morgan fingerprint density at radius 3 is 2.52 bits per heavy atom. The molecule has 3 aliphatic rings. The number of carbonyl (C=O) groups excluding carboxylic acids is 1. The normalized spacial score (nSPS) is 23.2. The molecule has 0 aromatic heterocycles. The molecule has 0 bridgehead atoms. The number of carbonyl (C=O) groups is 1. The van der Waals surface area contributed by atoms with Crippen molar-refractivity contribution in [1.29, 1.82) is 0 Å². The van der Waals surface area contributed by atoms with Crippen LogP contribution in [0.2, 0.25) is 0 Å². The highest BCUT2D eigenvalue weighted by atomic mass is 16.7. The summed E-state index contributed by atoms with van der Waals surface area (Å²) in [7, 11) is 2.10. The Morgan fingerprint density at radius 2 is 1.81 bits per heavy atom. The van der Waals surface area contributed by atoms with Crippen LogP contribution in [0.1, 0.15) is 18.4 Å². The maximum Gasteiger partial charge on any atom is 0.233 e. The summed E-state index contributed by atoms with van der Waals surface area (Å²) in [4.78, 5) is 17.2. The predicted molar refractivity (Wildman–Crippen MR) is 77.6 cm³/mol. The largest absolute Gasteiger partial charge is 0.454 e. The van der Waals surface area contributed by atoms with E-state index in [0.29, 0.717) is 0 Å². The first-order valence-corrected chi connectivity index (χ1v) is 7.57. The van der Waals surface area contributed by atoms with Gasteiger partial charge < -0.3 is 19.3 Å². The Morgan fingerprint density at radius 1 is 1.10 bits per heavy atom. The van der Waals surface area contributed by atoms with Gasteiger partial charge in [0.1, 0.15) is 0 Å². The standard InChI is InChI=1S/C16H20N2O3/c1-17-6-8-18(9-7-17)15(19)16(4-5-16)12-2-3-13-14(10-12)21-11-20-13/h2-3,10H,4-9,11H2,1H3. The second-order valence-electron chi connectivity index (χ2n) is 6.25. The minimum absolute atomic E-state index is 0.276. The zero-order chi connectivity index (χ0) is 14.4. The molecule has 21 heavy (non-hydrogen) atoms. The lowest BCUT2D eigenvalue weighted by atomic mass is 9.93. The Balaban J connectivity index is 1.57. The molecule has 0 radical (unpaired) electrons. The van der Waals surface area contributed by atoms with Crippen LogP contribution in [0, 0.1) is 0 Å². The molecule has 5 nitrogen and oxygen atoms in total. The number of rotatable bonds is 2. The molecule has 4 rings (SSSR count). The first kappa shape index (κ1) is 13.0. The van der Waals surface area contributed by atoms with E-state index in [1.165, 1.54) is 0 Å². The van der Waals surface area contributed by atoms with Crippen molar-refractivity contribution in [3.63, 3.8) is 0 Å². The summed E-state index contributed by atoms with van der Waals surface area (Å²) >= 11 is 0. The van der Waals surface area contributed by atoms with Crippen LogP contribution in [0.25, 0.3) is 0 Å². The highest BCUT2D eigenvalue weighted by Gasteiger charge is 2.53. The predicted octanol–water partition coefficient (Wildman–Crippen LogP) is 1.22. The molecule has 1 aromatic carbocycles. The molecule has 2 heterocycles. The molecular formula is C16H20N2O3. The van der Waals surface area contributed by atoms with Gasteiger partial charge in [-0.05, 0) is 37.6 Å². The molecular weight excluding hydrogens is 268 g/mol. The van der Waals surface area contributed by atoms with Crippen molar-refractivity contribution >= 4 is 5.91 Å². The molecule has 0 atom stereocenters. The van der Waals surface area contributed by atoms with Crippen molar-refractivity contribution in [2.24, 2.45) is 0 Å². The van der Waals surface area contributed by atoms with Gasteiger partial charge in [0.15, 0.2) is 11.5 Å². The van der Waals surface area contributed by atoms with E-state index in [2.05, 4.69) is 11.9 Å². The number of hydrogen-bond donors (Lipinski definition) is 0. The summed E-state index contributed by atoms with van der Waals surface area (Å²) in [6.45, 7) is 3.87. The van der Waals surface area contributed by atoms with Gasteiger partial charge in [0.25, 0.3) is 0 Å². The average molecular weight is 288 g/mol. The van der Waals surface area contributed by atoms with E-state index in [9.17, 15) is 4.79 Å². The Kier molecular flexibility index (Phi) is 2.85. The van der Waals surface area contributed by atoms with Crippen LogP contribution in [0.5, 0.6) is 11.5 Å². The lowest BCUT2D eigenvalue weighted by Gasteiger charge is -2.35. The summed E-state index contributed by atoms with van der Waals surface area (Å²) in [5.74, 6) is 1.83. The molecule has 1 amide bonds. The van der Waals surface area contributed by atoms with Crippen molar-refractivity contribution < 1.29 is 14.3 Å². The van der Waals surface area contributed by atoms with Crippen molar-refractivity contribution in [3.05, 3.63) is 23.8 Å². The van der Waals surface area contributed by atoms with Crippen LogP contribution in [0.3, 0.4) is 0 Å². The van der Waals surface area contributed by atoms with Gasteiger partial charge >= 0.3 is 0 Å². The van der Waals surface area contributed by atoms with Gasteiger partial charge in [-0.1, -0.05) is 6.07 Å². The zero-order valence-corrected chi connectivity index (χ0v) is 12.3. The van der Waals surface area contributed by atoms with Crippen LogP contribution < -0.4 is 9.47 Å². The third-order valence-corrected chi connectivity index (χ3v) is 4.88. The lowest BCUT2D eigenvalue weighted by molar-refractivity contribution is -0.135. The minimum atomic E-state index is -0.309. The van der Waals surface area contributed by atoms with E-state index in [4.69, 9.17) is 9.47 Å². The summed E-state index contributed by atoms with van der Waals surface area (Å²) in [5, 5.41) is 0. The zero-order valence-electron chi connectivity index (χ0n) is 12.3. The van der Waals surface area contributed by atoms with E-state index < -0.39 is 0 Å². The first-order chi connectivity index (χ1) is 10.2. The van der Waals surface area contributed by atoms with Gasteiger partial charge in [-0.15, -0.1) is 0 Å². The molecule has 2 fully saturated rings. The van der Waals surface area contributed by atoms with E-state index in [0.717, 1.165) is 56.1 Å². The van der Waals surface area contributed by atoms with Crippen LogP contribution in [-0.2, 0) is 10.2 Å². The maximum absolute atomic E-state index is 12.9. The third kappa shape index (κ3) is 2.07. The second-order valence-corrected chi connectivity index (χ2v) is 6.25. The smallest absolute Gasteiger partial charge is 0.233 e. The molecule has 1 saturated heterocycles. The highest BCUT2D eigenvalue weighted by Crippen LogP contribution is 2.51. The fourth-order valence-corrected chi connectivity index (χ4v) is 3.26. The molecule has 112 valence electrons. The third-order valence-electron chi connectivity index (χ3n) is 4.88. The van der Waals surface area contributed by atoms with Crippen molar-refractivity contribution in [2.75, 3.05) is 40.0 Å². The molecule has 5 heteroatoms. The second kappa shape index (κ2) is 4.63. The summed E-state index contributed by atoms with van der Waals surface area (Å²) in [6, 6.07) is 5.94. The van der Waals surface area contributed by atoms with Gasteiger partial charge in [-0.3, -0.25) is 4.79 Å². The SMILES string of the molecule is CN1CCN(C(=O)C2(c3ccc4c(c3)OCO4)CC2)CC1. The topological polar surface area (TPSA) is 42.0 Å². The number of nitrogens with zero attached hydrogens (tertiary/aromatic N) is 2. The maximum atomic E-state index is 12.9. The summed E-state index contributed by atoms with van der Waals surface area (Å²) in [6.07, 6.45) is 1.88. The van der Waals surface area contributed by atoms with Gasteiger partial charge in [-0.25, -0.2) is 0 Å². The molecule has 1 aliphatic carbocycles. The van der Waals surface area contributed by atoms with Crippen molar-refractivity contribution in [1.82, 2.24) is 9.80 Å². The summed E-state index contributed by atoms with van der Waals surface area (Å²) < 4.78 is 10.8. The van der Waals surface area contributed by atoms with Gasteiger partial charge in [0.05, 0.1) is 5.41 Å². The number of likely N-dealkylation sites (N-methyl/N-ethyl adjacent to an activating group) is 1. The van der Waals surface area contributed by atoms with Crippen LogP contribution >= 0.6 is 0 Å². The Hall–Kier alpha value is -1.75. The van der Waals surface area contributed by atoms with Crippen molar-refractivity contribution in [3.8, 4) is 11.5 Å². The van der Waals surface area contributed by atoms with E-state index in [1.807, 2.05) is 23.1 Å². The monoisotopic (exact) mass is 288 g/mol. The molecule has 0 N–H and O–H groups in total. The lowest BCUT2D eigenvalue weighted by Crippen LogP contribution is -2.50. The van der Waals surface area contributed by atoms with Gasteiger partial charge in [-0.2, -0.15) is 0 Å². The molecule has 1 saturated carbocycles. The quantitative estimate of drug-likeness (QED) is 0.820. The minimum Gasteiger partial charge on any atom is -0.454 e. The summed E-state index contributed by atoms with van der Waals surface area (Å²) in [5.41, 5.74) is 0.771. The fourth-order valence-electron chi connectivity index (χ4n) is 3.26.